The van der Waals surface area contributed by atoms with E-state index >= 15 is 0 Å². The highest BCUT2D eigenvalue weighted by Gasteiger charge is 2.35. The molecule has 4 nitrogen and oxygen atoms in total. The molecule has 1 aliphatic rings. The topological polar surface area (TPSA) is 66.4 Å². The molecule has 108 valence electrons. The average molecular weight is 275 g/mol. The van der Waals surface area contributed by atoms with Crippen molar-refractivity contribution >= 4 is 17.6 Å². The Morgan fingerprint density at radius 2 is 1.80 bits per heavy atom. The van der Waals surface area contributed by atoms with Crippen molar-refractivity contribution in [2.45, 2.75) is 39.5 Å². The lowest BCUT2D eigenvalue weighted by Crippen LogP contribution is -2.36. The summed E-state index contributed by atoms with van der Waals surface area (Å²) in [5, 5.41) is 12.1. The summed E-state index contributed by atoms with van der Waals surface area (Å²) in [6.45, 7) is 3.90. The predicted octanol–water partition coefficient (Wildman–Crippen LogP) is 3.13. The molecule has 4 heteroatoms. The first kappa shape index (κ1) is 14.6. The van der Waals surface area contributed by atoms with E-state index in [4.69, 9.17) is 0 Å². The molecule has 1 amide bonds. The van der Waals surface area contributed by atoms with E-state index < -0.39 is 17.8 Å². The average Bonchev–Trinajstić information content (AvgIpc) is 2.42. The molecule has 1 fully saturated rings. The number of carboxylic acid groups (broad SMARTS) is 1. The van der Waals surface area contributed by atoms with Gasteiger partial charge in [-0.2, -0.15) is 0 Å². The molecule has 2 rings (SSSR count). The molecule has 1 aromatic carbocycles. The minimum absolute atomic E-state index is 0.161. The van der Waals surface area contributed by atoms with E-state index in [-0.39, 0.29) is 5.91 Å². The van der Waals surface area contributed by atoms with Gasteiger partial charge in [0, 0.05) is 5.69 Å². The third-order valence-corrected chi connectivity index (χ3v) is 4.07. The van der Waals surface area contributed by atoms with Crippen LogP contribution < -0.4 is 5.32 Å². The molecule has 0 saturated heterocycles. The number of amides is 1. The number of carbonyl (C=O) groups excluding carboxylic acids is 1. The highest BCUT2D eigenvalue weighted by Crippen LogP contribution is 2.31. The van der Waals surface area contributed by atoms with Crippen LogP contribution in [0.4, 0.5) is 5.69 Å². The lowest BCUT2D eigenvalue weighted by molar-refractivity contribution is -0.147. The van der Waals surface area contributed by atoms with Crippen molar-refractivity contribution < 1.29 is 14.7 Å². The highest BCUT2D eigenvalue weighted by atomic mass is 16.4. The van der Waals surface area contributed by atoms with Gasteiger partial charge >= 0.3 is 5.97 Å². The monoisotopic (exact) mass is 275 g/mol. The summed E-state index contributed by atoms with van der Waals surface area (Å²) in [6.07, 6.45) is 3.08. The number of aliphatic carboxylic acids is 1. The fraction of sp³-hybridized carbons (Fsp3) is 0.500. The van der Waals surface area contributed by atoms with Crippen molar-refractivity contribution in [3.05, 3.63) is 29.3 Å². The lowest BCUT2D eigenvalue weighted by atomic mass is 9.78. The van der Waals surface area contributed by atoms with E-state index in [0.717, 1.165) is 29.7 Å². The second-order valence-electron chi connectivity index (χ2n) is 5.64. The molecule has 0 aromatic heterocycles. The van der Waals surface area contributed by atoms with Crippen LogP contribution in [0.25, 0.3) is 0 Å². The quantitative estimate of drug-likeness (QED) is 0.890. The maximum Gasteiger partial charge on any atom is 0.307 e. The minimum atomic E-state index is -0.856. The Morgan fingerprint density at radius 1 is 1.15 bits per heavy atom. The maximum atomic E-state index is 12.4. The summed E-state index contributed by atoms with van der Waals surface area (Å²) >= 11 is 0. The van der Waals surface area contributed by atoms with Gasteiger partial charge in [0.25, 0.3) is 0 Å². The van der Waals surface area contributed by atoms with Crippen molar-refractivity contribution in [1.82, 2.24) is 0 Å². The molecular formula is C16H21NO3. The Labute approximate surface area is 119 Å². The third kappa shape index (κ3) is 3.18. The lowest BCUT2D eigenvalue weighted by Gasteiger charge is -2.27. The van der Waals surface area contributed by atoms with E-state index in [2.05, 4.69) is 5.32 Å². The van der Waals surface area contributed by atoms with Gasteiger partial charge in [0.05, 0.1) is 11.8 Å². The third-order valence-electron chi connectivity index (χ3n) is 4.07. The summed E-state index contributed by atoms with van der Waals surface area (Å²) in [4.78, 5) is 23.6. The Morgan fingerprint density at radius 3 is 2.45 bits per heavy atom. The molecule has 2 atom stereocenters. The van der Waals surface area contributed by atoms with Crippen LogP contribution in [0, 0.1) is 25.7 Å². The number of hydrogen-bond donors (Lipinski definition) is 2. The molecule has 1 aliphatic carbocycles. The zero-order chi connectivity index (χ0) is 14.7. The Kier molecular flexibility index (Phi) is 4.42. The fourth-order valence-corrected chi connectivity index (χ4v) is 2.84. The number of hydrogen-bond acceptors (Lipinski definition) is 2. The summed E-state index contributed by atoms with van der Waals surface area (Å²) < 4.78 is 0. The van der Waals surface area contributed by atoms with Crippen molar-refractivity contribution in [2.75, 3.05) is 5.32 Å². The van der Waals surface area contributed by atoms with Crippen LogP contribution in [0.1, 0.15) is 36.8 Å². The van der Waals surface area contributed by atoms with E-state index in [1.54, 1.807) is 0 Å². The second-order valence-corrected chi connectivity index (χ2v) is 5.64. The van der Waals surface area contributed by atoms with Crippen LogP contribution in [0.3, 0.4) is 0 Å². The number of carboxylic acids is 1. The Bertz CT molecular complexity index is 524. The fourth-order valence-electron chi connectivity index (χ4n) is 2.84. The van der Waals surface area contributed by atoms with E-state index in [1.165, 1.54) is 0 Å². The number of benzene rings is 1. The minimum Gasteiger partial charge on any atom is -0.481 e. The molecule has 20 heavy (non-hydrogen) atoms. The maximum absolute atomic E-state index is 12.4. The molecule has 0 aliphatic heterocycles. The van der Waals surface area contributed by atoms with E-state index in [0.29, 0.717) is 12.8 Å². The molecule has 0 spiro atoms. The standard InChI is InChI=1S/C16H21NO3/c1-10-7-8-11(2)14(9-10)17-15(18)12-5-3-4-6-13(12)16(19)20/h7-9,12-13H,3-6H2,1-2H3,(H,17,18)(H,19,20)/t12-,13-/m1/s1. The van der Waals surface area contributed by atoms with Gasteiger partial charge in [-0.15, -0.1) is 0 Å². The zero-order valence-electron chi connectivity index (χ0n) is 12.0. The van der Waals surface area contributed by atoms with Gasteiger partial charge in [0.2, 0.25) is 5.91 Å². The first-order chi connectivity index (χ1) is 9.49. The molecule has 2 N–H and O–H groups in total. The number of nitrogens with one attached hydrogen (secondary N) is 1. The Balaban J connectivity index is 2.14. The Hall–Kier alpha value is -1.84. The van der Waals surface area contributed by atoms with Crippen LogP contribution in [0.2, 0.25) is 0 Å². The number of carbonyl (C=O) groups is 2. The van der Waals surface area contributed by atoms with Gasteiger partial charge in [-0.3, -0.25) is 9.59 Å². The summed E-state index contributed by atoms with van der Waals surface area (Å²) in [6, 6.07) is 5.87. The van der Waals surface area contributed by atoms with Gasteiger partial charge < -0.3 is 10.4 Å². The SMILES string of the molecule is Cc1ccc(C)c(NC(=O)[C@@H]2CCCC[C@H]2C(=O)O)c1. The van der Waals surface area contributed by atoms with Crippen molar-refractivity contribution in [3.8, 4) is 0 Å². The molecular weight excluding hydrogens is 254 g/mol. The number of aryl methyl sites for hydroxylation is 2. The molecule has 0 unspecified atom stereocenters. The summed E-state index contributed by atoms with van der Waals surface area (Å²) in [5.41, 5.74) is 2.85. The highest BCUT2D eigenvalue weighted by molar-refractivity contribution is 5.95. The molecule has 0 bridgehead atoms. The zero-order valence-corrected chi connectivity index (χ0v) is 12.0. The molecule has 0 heterocycles. The number of anilines is 1. The van der Waals surface area contributed by atoms with E-state index in [1.807, 2.05) is 32.0 Å². The van der Waals surface area contributed by atoms with Crippen molar-refractivity contribution in [2.24, 2.45) is 11.8 Å². The van der Waals surface area contributed by atoms with Crippen LogP contribution in [0.15, 0.2) is 18.2 Å². The predicted molar refractivity (Wildman–Crippen MR) is 77.6 cm³/mol. The number of rotatable bonds is 3. The van der Waals surface area contributed by atoms with Gasteiger partial charge in [-0.25, -0.2) is 0 Å². The second kappa shape index (κ2) is 6.07. The first-order valence-corrected chi connectivity index (χ1v) is 7.10. The summed E-state index contributed by atoms with van der Waals surface area (Å²) in [5.74, 6) is -1.98. The van der Waals surface area contributed by atoms with Crippen molar-refractivity contribution in [3.63, 3.8) is 0 Å². The normalized spacial score (nSPS) is 22.3. The van der Waals surface area contributed by atoms with Gasteiger partial charge in [0.15, 0.2) is 0 Å². The van der Waals surface area contributed by atoms with Gasteiger partial charge in [-0.05, 0) is 43.9 Å². The first-order valence-electron chi connectivity index (χ1n) is 7.10. The van der Waals surface area contributed by atoms with E-state index in [9.17, 15) is 14.7 Å². The largest absolute Gasteiger partial charge is 0.481 e. The molecule has 1 aromatic rings. The van der Waals surface area contributed by atoms with Crippen LogP contribution in [-0.4, -0.2) is 17.0 Å². The van der Waals surface area contributed by atoms with Crippen LogP contribution in [-0.2, 0) is 9.59 Å². The van der Waals surface area contributed by atoms with Crippen molar-refractivity contribution in [1.29, 1.82) is 0 Å². The van der Waals surface area contributed by atoms with Crippen LogP contribution in [0.5, 0.6) is 0 Å². The summed E-state index contributed by atoms with van der Waals surface area (Å²) in [7, 11) is 0. The molecule has 1 saturated carbocycles. The smallest absolute Gasteiger partial charge is 0.307 e. The van der Waals surface area contributed by atoms with Gasteiger partial charge in [-0.1, -0.05) is 25.0 Å². The van der Waals surface area contributed by atoms with Gasteiger partial charge in [0.1, 0.15) is 0 Å². The van der Waals surface area contributed by atoms with Crippen LogP contribution >= 0.6 is 0 Å². The molecule has 0 radical (unpaired) electrons.